The molecule has 4 heteroatoms. The van der Waals surface area contributed by atoms with Crippen LogP contribution < -0.4 is 10.1 Å². The van der Waals surface area contributed by atoms with Crippen LogP contribution in [0.1, 0.15) is 5.69 Å². The van der Waals surface area contributed by atoms with Crippen molar-refractivity contribution in [3.8, 4) is 5.75 Å². The fourth-order valence-electron chi connectivity index (χ4n) is 1.81. The molecule has 0 aromatic carbocycles. The van der Waals surface area contributed by atoms with Crippen molar-refractivity contribution >= 4 is 16.3 Å². The fraction of sp³-hybridized carbons (Fsp3) is 0.250. The molecular formula is C12H12N2OS. The lowest BCUT2D eigenvalue weighted by atomic mass is 10.1. The zero-order valence-electron chi connectivity index (χ0n) is 8.72. The highest BCUT2D eigenvalue weighted by Crippen LogP contribution is 2.34. The Labute approximate surface area is 98.1 Å². The largest absolute Gasteiger partial charge is 0.485 e. The second-order valence-corrected chi connectivity index (χ2v) is 4.68. The van der Waals surface area contributed by atoms with E-state index in [-0.39, 0.29) is 6.10 Å². The number of hydrogen-bond acceptors (Lipinski definition) is 4. The van der Waals surface area contributed by atoms with Gasteiger partial charge in [-0.15, -0.1) is 11.3 Å². The van der Waals surface area contributed by atoms with Crippen LogP contribution in [0.3, 0.4) is 0 Å². The molecule has 1 aliphatic heterocycles. The molecule has 0 spiro atoms. The minimum Gasteiger partial charge on any atom is -0.485 e. The number of pyridine rings is 1. The van der Waals surface area contributed by atoms with Gasteiger partial charge in [-0.25, -0.2) is 0 Å². The quantitative estimate of drug-likeness (QED) is 0.864. The van der Waals surface area contributed by atoms with Gasteiger partial charge in [0.05, 0.1) is 6.54 Å². The van der Waals surface area contributed by atoms with Crippen molar-refractivity contribution in [3.05, 3.63) is 41.5 Å². The van der Waals surface area contributed by atoms with Crippen molar-refractivity contribution in [1.82, 2.24) is 4.98 Å². The molecule has 82 valence electrons. The molecule has 0 fully saturated rings. The summed E-state index contributed by atoms with van der Waals surface area (Å²) in [7, 11) is 0. The lowest BCUT2D eigenvalue weighted by Crippen LogP contribution is -2.32. The first kappa shape index (κ1) is 9.66. The molecule has 16 heavy (non-hydrogen) atoms. The molecule has 0 saturated heterocycles. The summed E-state index contributed by atoms with van der Waals surface area (Å²) in [6.45, 7) is 0.851. The van der Waals surface area contributed by atoms with E-state index in [0.717, 1.165) is 29.4 Å². The lowest BCUT2D eigenvalue weighted by molar-refractivity contribution is 0.206. The van der Waals surface area contributed by atoms with Crippen LogP contribution in [0.4, 0.5) is 5.00 Å². The Morgan fingerprint density at radius 2 is 2.44 bits per heavy atom. The van der Waals surface area contributed by atoms with Crippen LogP contribution in [0, 0.1) is 0 Å². The number of nitrogens with one attached hydrogen (secondary N) is 1. The highest BCUT2D eigenvalue weighted by Gasteiger charge is 2.20. The van der Waals surface area contributed by atoms with E-state index < -0.39 is 0 Å². The molecule has 1 aliphatic rings. The van der Waals surface area contributed by atoms with Gasteiger partial charge in [0.2, 0.25) is 0 Å². The van der Waals surface area contributed by atoms with Gasteiger partial charge in [-0.1, -0.05) is 6.07 Å². The summed E-state index contributed by atoms with van der Waals surface area (Å²) in [6.07, 6.45) is 2.85. The number of nitrogens with zero attached hydrogens (tertiary/aromatic N) is 1. The molecule has 2 aromatic rings. The monoisotopic (exact) mass is 232 g/mol. The van der Waals surface area contributed by atoms with Crippen molar-refractivity contribution in [2.45, 2.75) is 12.5 Å². The van der Waals surface area contributed by atoms with Crippen LogP contribution >= 0.6 is 11.3 Å². The predicted molar refractivity (Wildman–Crippen MR) is 65.2 cm³/mol. The molecule has 3 rings (SSSR count). The minimum atomic E-state index is 0.178. The maximum atomic E-state index is 5.88. The molecule has 1 atom stereocenters. The number of fused-ring (bicyclic) bond motifs is 1. The van der Waals surface area contributed by atoms with E-state index >= 15 is 0 Å². The number of ether oxygens (including phenoxy) is 1. The van der Waals surface area contributed by atoms with Gasteiger partial charge in [-0.2, -0.15) is 0 Å². The summed E-state index contributed by atoms with van der Waals surface area (Å²) in [5.41, 5.74) is 1.08. The van der Waals surface area contributed by atoms with Crippen LogP contribution in [0.2, 0.25) is 0 Å². The molecule has 3 nitrogen and oxygen atoms in total. The Morgan fingerprint density at radius 3 is 3.31 bits per heavy atom. The van der Waals surface area contributed by atoms with E-state index in [2.05, 4.69) is 10.3 Å². The molecule has 0 amide bonds. The molecule has 1 unspecified atom stereocenters. The van der Waals surface area contributed by atoms with E-state index in [4.69, 9.17) is 4.74 Å². The second-order valence-electron chi connectivity index (χ2n) is 3.76. The van der Waals surface area contributed by atoms with Crippen LogP contribution in [-0.4, -0.2) is 17.6 Å². The maximum Gasteiger partial charge on any atom is 0.154 e. The van der Waals surface area contributed by atoms with Crippen molar-refractivity contribution in [3.63, 3.8) is 0 Å². The summed E-state index contributed by atoms with van der Waals surface area (Å²) < 4.78 is 5.88. The molecular weight excluding hydrogens is 220 g/mol. The number of anilines is 1. The summed E-state index contributed by atoms with van der Waals surface area (Å²) in [5, 5.41) is 6.56. The Balaban J connectivity index is 1.71. The topological polar surface area (TPSA) is 34.1 Å². The summed E-state index contributed by atoms with van der Waals surface area (Å²) in [4.78, 5) is 4.31. The molecule has 0 aliphatic carbocycles. The number of aromatic nitrogens is 1. The first-order valence-electron chi connectivity index (χ1n) is 5.30. The summed E-state index contributed by atoms with van der Waals surface area (Å²) in [5.74, 6) is 0.970. The molecule has 1 N–H and O–H groups in total. The third kappa shape index (κ3) is 1.88. The van der Waals surface area contributed by atoms with E-state index in [9.17, 15) is 0 Å². The predicted octanol–water partition coefficient (Wildman–Crippen LogP) is 2.56. The molecule has 0 bridgehead atoms. The Morgan fingerprint density at radius 1 is 1.44 bits per heavy atom. The fourth-order valence-corrected chi connectivity index (χ4v) is 2.54. The van der Waals surface area contributed by atoms with Gasteiger partial charge in [0.1, 0.15) is 11.1 Å². The van der Waals surface area contributed by atoms with Crippen LogP contribution in [0.5, 0.6) is 5.75 Å². The number of hydrogen-bond donors (Lipinski definition) is 1. The van der Waals surface area contributed by atoms with Gasteiger partial charge in [-0.05, 0) is 23.6 Å². The zero-order chi connectivity index (χ0) is 10.8. The van der Waals surface area contributed by atoms with Gasteiger partial charge in [0, 0.05) is 18.3 Å². The Kier molecular flexibility index (Phi) is 2.50. The third-order valence-electron chi connectivity index (χ3n) is 2.58. The van der Waals surface area contributed by atoms with Crippen LogP contribution in [0.25, 0.3) is 0 Å². The Bertz CT molecular complexity index is 469. The van der Waals surface area contributed by atoms with Gasteiger partial charge in [0.25, 0.3) is 0 Å². The van der Waals surface area contributed by atoms with Crippen molar-refractivity contribution < 1.29 is 4.74 Å². The molecule has 3 heterocycles. The van der Waals surface area contributed by atoms with Crippen LogP contribution in [-0.2, 0) is 6.42 Å². The van der Waals surface area contributed by atoms with Crippen molar-refractivity contribution in [1.29, 1.82) is 0 Å². The van der Waals surface area contributed by atoms with Gasteiger partial charge >= 0.3 is 0 Å². The normalized spacial score (nSPS) is 18.4. The van der Waals surface area contributed by atoms with Gasteiger partial charge in [0.15, 0.2) is 5.75 Å². The second kappa shape index (κ2) is 4.14. The highest BCUT2D eigenvalue weighted by molar-refractivity contribution is 7.14. The molecule has 0 saturated carbocycles. The average molecular weight is 232 g/mol. The SMILES string of the molecule is c1ccc(CC2CNc3sccc3O2)nc1. The maximum absolute atomic E-state index is 5.88. The minimum absolute atomic E-state index is 0.178. The van der Waals surface area contributed by atoms with E-state index in [0.29, 0.717) is 0 Å². The average Bonchev–Trinajstić information content (AvgIpc) is 2.77. The lowest BCUT2D eigenvalue weighted by Gasteiger charge is -2.24. The standard InChI is InChI=1S/C12H12N2OS/c1-2-5-13-9(3-1)7-10-8-14-12-11(15-10)4-6-16-12/h1-6,10,14H,7-8H2. The Hall–Kier alpha value is -1.55. The molecule has 0 radical (unpaired) electrons. The summed E-state index contributed by atoms with van der Waals surface area (Å²) >= 11 is 1.68. The van der Waals surface area contributed by atoms with Crippen molar-refractivity contribution in [2.75, 3.05) is 11.9 Å². The highest BCUT2D eigenvalue weighted by atomic mass is 32.1. The van der Waals surface area contributed by atoms with Crippen molar-refractivity contribution in [2.24, 2.45) is 0 Å². The smallest absolute Gasteiger partial charge is 0.154 e. The number of thiophene rings is 1. The molecule has 2 aromatic heterocycles. The van der Waals surface area contributed by atoms with E-state index in [1.165, 1.54) is 0 Å². The van der Waals surface area contributed by atoms with Gasteiger partial charge in [-0.3, -0.25) is 4.98 Å². The zero-order valence-corrected chi connectivity index (χ0v) is 9.54. The van der Waals surface area contributed by atoms with E-state index in [1.807, 2.05) is 35.8 Å². The van der Waals surface area contributed by atoms with E-state index in [1.54, 1.807) is 11.3 Å². The first-order chi connectivity index (χ1) is 7.92. The van der Waals surface area contributed by atoms with Crippen LogP contribution in [0.15, 0.2) is 35.8 Å². The summed E-state index contributed by atoms with van der Waals surface area (Å²) in [6, 6.07) is 7.99. The number of rotatable bonds is 2. The van der Waals surface area contributed by atoms with Gasteiger partial charge < -0.3 is 10.1 Å². The first-order valence-corrected chi connectivity index (χ1v) is 6.18. The third-order valence-corrected chi connectivity index (χ3v) is 3.43.